The van der Waals surface area contributed by atoms with Crippen molar-refractivity contribution >= 4 is 0 Å². The number of hydrogen-bond acceptors (Lipinski definition) is 4. The molecule has 0 radical (unpaired) electrons. The van der Waals surface area contributed by atoms with E-state index >= 15 is 0 Å². The van der Waals surface area contributed by atoms with Crippen LogP contribution in [0, 0.1) is 23.2 Å². The standard InChI is InChI=1S/C27H44O4/c1-17(8-6-11-25(3,4)30)21-9-10-23-26(21,5)12-7-13-27(23)24(31-27)15-19-14-20(28)16-22(29)18(19)2/h15,17,20-24,28-30H,2,6-14,16H2,1,3-5H3/b19-15+. The Hall–Kier alpha value is -0.680. The maximum absolute atomic E-state index is 10.2. The summed E-state index contributed by atoms with van der Waals surface area (Å²) in [4.78, 5) is 0. The van der Waals surface area contributed by atoms with Gasteiger partial charge in [0.05, 0.1) is 17.8 Å². The molecule has 4 heteroatoms. The van der Waals surface area contributed by atoms with Gasteiger partial charge in [0.15, 0.2) is 0 Å². The van der Waals surface area contributed by atoms with Gasteiger partial charge in [-0.05, 0) is 99.2 Å². The third kappa shape index (κ3) is 4.43. The lowest BCUT2D eigenvalue weighted by Crippen LogP contribution is -2.44. The summed E-state index contributed by atoms with van der Waals surface area (Å²) in [6.07, 6.45) is 11.4. The average molecular weight is 433 g/mol. The first-order valence-electron chi connectivity index (χ1n) is 12.6. The van der Waals surface area contributed by atoms with Crippen LogP contribution in [0.15, 0.2) is 23.8 Å². The highest BCUT2D eigenvalue weighted by Gasteiger charge is 2.68. The molecule has 4 rings (SSSR count). The second-order valence-electron chi connectivity index (χ2n) is 12.1. The van der Waals surface area contributed by atoms with Crippen LogP contribution in [0.1, 0.15) is 91.9 Å². The van der Waals surface area contributed by atoms with Crippen LogP contribution >= 0.6 is 0 Å². The Bertz CT molecular complexity index is 721. The van der Waals surface area contributed by atoms with Crippen LogP contribution in [-0.2, 0) is 4.74 Å². The van der Waals surface area contributed by atoms with Crippen molar-refractivity contribution < 1.29 is 20.1 Å². The van der Waals surface area contributed by atoms with Gasteiger partial charge in [-0.2, -0.15) is 0 Å². The summed E-state index contributed by atoms with van der Waals surface area (Å²) in [5.41, 5.74) is 1.47. The van der Waals surface area contributed by atoms with E-state index in [9.17, 15) is 15.3 Å². The number of rotatable bonds is 6. The van der Waals surface area contributed by atoms with Crippen molar-refractivity contribution in [3.63, 3.8) is 0 Å². The van der Waals surface area contributed by atoms with Gasteiger partial charge in [-0.1, -0.05) is 33.3 Å². The van der Waals surface area contributed by atoms with Crippen molar-refractivity contribution in [3.8, 4) is 0 Å². The maximum Gasteiger partial charge on any atom is 0.106 e. The van der Waals surface area contributed by atoms with E-state index in [4.69, 9.17) is 4.74 Å². The molecule has 8 atom stereocenters. The zero-order chi connectivity index (χ0) is 22.6. The summed E-state index contributed by atoms with van der Waals surface area (Å²) < 4.78 is 6.49. The second kappa shape index (κ2) is 8.27. The lowest BCUT2D eigenvalue weighted by atomic mass is 9.58. The first-order chi connectivity index (χ1) is 14.5. The Morgan fingerprint density at radius 2 is 2.00 bits per heavy atom. The Morgan fingerprint density at radius 1 is 1.26 bits per heavy atom. The molecule has 4 aliphatic rings. The van der Waals surface area contributed by atoms with E-state index in [1.807, 2.05) is 13.8 Å². The molecule has 0 amide bonds. The predicted molar refractivity (Wildman–Crippen MR) is 124 cm³/mol. The van der Waals surface area contributed by atoms with Crippen molar-refractivity contribution in [2.75, 3.05) is 0 Å². The van der Waals surface area contributed by atoms with E-state index in [2.05, 4.69) is 26.5 Å². The lowest BCUT2D eigenvalue weighted by Gasteiger charge is -2.46. The molecule has 1 heterocycles. The molecule has 0 aromatic heterocycles. The first-order valence-corrected chi connectivity index (χ1v) is 12.6. The zero-order valence-corrected chi connectivity index (χ0v) is 20.1. The molecule has 176 valence electrons. The monoisotopic (exact) mass is 432 g/mol. The number of aliphatic hydroxyl groups is 3. The highest BCUT2D eigenvalue weighted by Crippen LogP contribution is 2.67. The third-order valence-electron chi connectivity index (χ3n) is 9.31. The van der Waals surface area contributed by atoms with Crippen LogP contribution in [0.4, 0.5) is 0 Å². The molecular weight excluding hydrogens is 388 g/mol. The van der Waals surface area contributed by atoms with Crippen molar-refractivity contribution in [1.29, 1.82) is 0 Å². The van der Waals surface area contributed by atoms with Gasteiger partial charge < -0.3 is 20.1 Å². The molecule has 31 heavy (non-hydrogen) atoms. The minimum Gasteiger partial charge on any atom is -0.393 e. The van der Waals surface area contributed by atoms with E-state index in [1.165, 1.54) is 32.1 Å². The summed E-state index contributed by atoms with van der Waals surface area (Å²) in [5.74, 6) is 1.98. The minimum atomic E-state index is -0.637. The summed E-state index contributed by atoms with van der Waals surface area (Å²) in [6, 6.07) is 0. The lowest BCUT2D eigenvalue weighted by molar-refractivity contribution is 0.00814. The summed E-state index contributed by atoms with van der Waals surface area (Å²) in [7, 11) is 0. The van der Waals surface area contributed by atoms with Gasteiger partial charge in [0.1, 0.15) is 11.7 Å². The topological polar surface area (TPSA) is 73.2 Å². The molecule has 0 bridgehead atoms. The smallest absolute Gasteiger partial charge is 0.106 e. The van der Waals surface area contributed by atoms with Crippen LogP contribution < -0.4 is 0 Å². The third-order valence-corrected chi connectivity index (χ3v) is 9.31. The van der Waals surface area contributed by atoms with Crippen LogP contribution in [0.3, 0.4) is 0 Å². The van der Waals surface area contributed by atoms with Crippen LogP contribution in [0.5, 0.6) is 0 Å². The maximum atomic E-state index is 10.2. The molecule has 8 unspecified atom stereocenters. The van der Waals surface area contributed by atoms with Gasteiger partial charge in [-0.15, -0.1) is 0 Å². The SMILES string of the molecule is C=C1/C(=C/C2OC23CCCC2(C)C(C(C)CCCC(C)(C)O)CCC23)CC(O)CC1O. The Kier molecular flexibility index (Phi) is 6.26. The molecule has 3 N–H and O–H groups in total. The van der Waals surface area contributed by atoms with Crippen molar-refractivity contribution in [1.82, 2.24) is 0 Å². The van der Waals surface area contributed by atoms with Crippen molar-refractivity contribution in [2.45, 2.75) is 121 Å². The van der Waals surface area contributed by atoms with E-state index in [-0.39, 0.29) is 11.7 Å². The number of fused-ring (bicyclic) bond motifs is 2. The normalized spacial score (nSPS) is 45.2. The summed E-state index contributed by atoms with van der Waals surface area (Å²) >= 11 is 0. The molecule has 0 aromatic rings. The molecule has 1 spiro atoms. The van der Waals surface area contributed by atoms with Gasteiger partial charge in [0.2, 0.25) is 0 Å². The van der Waals surface area contributed by atoms with Gasteiger partial charge in [0, 0.05) is 6.42 Å². The molecule has 4 nitrogen and oxygen atoms in total. The Balaban J connectivity index is 1.45. The van der Waals surface area contributed by atoms with Gasteiger partial charge in [0.25, 0.3) is 0 Å². The molecule has 4 fully saturated rings. The average Bonchev–Trinajstić information content (AvgIpc) is 3.18. The number of epoxide rings is 1. The second-order valence-corrected chi connectivity index (χ2v) is 12.1. The quantitative estimate of drug-likeness (QED) is 0.521. The fourth-order valence-corrected chi connectivity index (χ4v) is 7.64. The van der Waals surface area contributed by atoms with E-state index < -0.39 is 17.8 Å². The molecule has 1 aliphatic heterocycles. The van der Waals surface area contributed by atoms with Gasteiger partial charge >= 0.3 is 0 Å². The van der Waals surface area contributed by atoms with Gasteiger partial charge in [-0.25, -0.2) is 0 Å². The predicted octanol–water partition coefficient (Wildman–Crippen LogP) is 4.92. The van der Waals surface area contributed by atoms with E-state index in [0.717, 1.165) is 36.3 Å². The largest absolute Gasteiger partial charge is 0.393 e. The highest BCUT2D eigenvalue weighted by molar-refractivity contribution is 5.38. The molecule has 0 aromatic carbocycles. The van der Waals surface area contributed by atoms with Crippen LogP contribution in [-0.4, -0.2) is 44.8 Å². The van der Waals surface area contributed by atoms with Gasteiger partial charge in [-0.3, -0.25) is 0 Å². The Labute approximate surface area is 188 Å². The van der Waals surface area contributed by atoms with Crippen molar-refractivity contribution in [2.24, 2.45) is 23.2 Å². The fraction of sp³-hybridized carbons (Fsp3) is 0.852. The Morgan fingerprint density at radius 3 is 2.71 bits per heavy atom. The summed E-state index contributed by atoms with van der Waals surface area (Å²) in [6.45, 7) is 12.8. The molecular formula is C27H44O4. The van der Waals surface area contributed by atoms with Crippen LogP contribution in [0.2, 0.25) is 0 Å². The summed E-state index contributed by atoms with van der Waals surface area (Å²) in [5, 5.41) is 30.4. The first kappa shape index (κ1) is 23.5. The molecule has 3 saturated carbocycles. The van der Waals surface area contributed by atoms with E-state index in [0.29, 0.717) is 30.1 Å². The van der Waals surface area contributed by atoms with E-state index in [1.54, 1.807) is 0 Å². The number of ether oxygens (including phenoxy) is 1. The highest BCUT2D eigenvalue weighted by atomic mass is 16.6. The zero-order valence-electron chi connectivity index (χ0n) is 20.1. The molecule has 1 saturated heterocycles. The fourth-order valence-electron chi connectivity index (χ4n) is 7.64. The number of aliphatic hydroxyl groups excluding tert-OH is 2. The van der Waals surface area contributed by atoms with Crippen LogP contribution in [0.25, 0.3) is 0 Å². The minimum absolute atomic E-state index is 0.0464. The van der Waals surface area contributed by atoms with Crippen molar-refractivity contribution in [3.05, 3.63) is 23.8 Å². The number of hydrogen-bond donors (Lipinski definition) is 3. The molecule has 3 aliphatic carbocycles.